The van der Waals surface area contributed by atoms with Gasteiger partial charge in [0, 0.05) is 49.3 Å². The van der Waals surface area contributed by atoms with E-state index < -0.39 is 0 Å². The minimum Gasteiger partial charge on any atom is -0.340 e. The molecule has 0 aromatic carbocycles. The number of nitrogens with zero attached hydrogens (tertiary/aromatic N) is 3. The van der Waals surface area contributed by atoms with Gasteiger partial charge in [0.15, 0.2) is 0 Å². The molecule has 0 radical (unpaired) electrons. The van der Waals surface area contributed by atoms with Crippen LogP contribution in [-0.4, -0.2) is 23.1 Å². The van der Waals surface area contributed by atoms with Crippen LogP contribution in [0.15, 0.2) is 49.1 Å². The highest BCUT2D eigenvalue weighted by atomic mass is 15.1. The van der Waals surface area contributed by atoms with Crippen LogP contribution >= 0.6 is 0 Å². The zero-order valence-electron chi connectivity index (χ0n) is 8.95. The summed E-state index contributed by atoms with van der Waals surface area (Å²) in [6.07, 6.45) is 7.11. The summed E-state index contributed by atoms with van der Waals surface area (Å²) in [6.45, 7) is 1.37. The largest absolute Gasteiger partial charge is 0.340 e. The van der Waals surface area contributed by atoms with Crippen molar-refractivity contribution >= 4 is 11.4 Å². The maximum Gasteiger partial charge on any atom is 0.0442 e. The molecule has 82 valence electrons. The SMILES string of the molecule is NCCN(c1ccncc1)c1ccncc1. The molecule has 0 fully saturated rings. The molecular formula is C12H14N4. The lowest BCUT2D eigenvalue weighted by atomic mass is 10.3. The summed E-state index contributed by atoms with van der Waals surface area (Å²) in [5, 5.41) is 0. The van der Waals surface area contributed by atoms with Crippen molar-refractivity contribution in [1.82, 2.24) is 9.97 Å². The number of hydrogen-bond donors (Lipinski definition) is 1. The lowest BCUT2D eigenvalue weighted by molar-refractivity contribution is 0.919. The Hall–Kier alpha value is -1.94. The highest BCUT2D eigenvalue weighted by Crippen LogP contribution is 2.22. The number of aromatic nitrogens is 2. The molecule has 2 heterocycles. The zero-order chi connectivity index (χ0) is 11.2. The lowest BCUT2D eigenvalue weighted by Crippen LogP contribution is -2.24. The Balaban J connectivity index is 2.31. The van der Waals surface area contributed by atoms with Crippen molar-refractivity contribution in [3.05, 3.63) is 49.1 Å². The van der Waals surface area contributed by atoms with Crippen LogP contribution in [0.1, 0.15) is 0 Å². The second kappa shape index (κ2) is 5.23. The van der Waals surface area contributed by atoms with E-state index in [0.717, 1.165) is 17.9 Å². The molecule has 0 saturated heterocycles. The lowest BCUT2D eigenvalue weighted by Gasteiger charge is -2.23. The molecule has 4 heteroatoms. The van der Waals surface area contributed by atoms with Crippen molar-refractivity contribution in [3.8, 4) is 0 Å². The van der Waals surface area contributed by atoms with Gasteiger partial charge in [-0.2, -0.15) is 0 Å². The van der Waals surface area contributed by atoms with Gasteiger partial charge in [-0.3, -0.25) is 9.97 Å². The number of pyridine rings is 2. The van der Waals surface area contributed by atoms with Gasteiger partial charge in [0.25, 0.3) is 0 Å². The predicted octanol–water partition coefficient (Wildman–Crippen LogP) is 1.57. The summed E-state index contributed by atoms with van der Waals surface area (Å²) < 4.78 is 0. The monoisotopic (exact) mass is 214 g/mol. The number of nitrogens with two attached hydrogens (primary N) is 1. The normalized spacial score (nSPS) is 10.1. The third-order valence-corrected chi connectivity index (χ3v) is 2.30. The molecule has 0 aliphatic rings. The van der Waals surface area contributed by atoms with Gasteiger partial charge in [0.05, 0.1) is 0 Å². The Kier molecular flexibility index (Phi) is 3.46. The Morgan fingerprint density at radius 1 is 0.875 bits per heavy atom. The van der Waals surface area contributed by atoms with Gasteiger partial charge in [-0.25, -0.2) is 0 Å². The molecule has 0 saturated carbocycles. The molecule has 0 atom stereocenters. The van der Waals surface area contributed by atoms with E-state index in [1.54, 1.807) is 24.8 Å². The summed E-state index contributed by atoms with van der Waals surface area (Å²) in [4.78, 5) is 10.2. The molecule has 0 aliphatic heterocycles. The molecule has 0 amide bonds. The Morgan fingerprint density at radius 3 is 1.69 bits per heavy atom. The van der Waals surface area contributed by atoms with Crippen LogP contribution in [0.3, 0.4) is 0 Å². The minimum atomic E-state index is 0.602. The Morgan fingerprint density at radius 2 is 1.31 bits per heavy atom. The van der Waals surface area contributed by atoms with Crippen molar-refractivity contribution in [1.29, 1.82) is 0 Å². The fourth-order valence-electron chi connectivity index (χ4n) is 1.58. The van der Waals surface area contributed by atoms with Gasteiger partial charge in [0.2, 0.25) is 0 Å². The van der Waals surface area contributed by atoms with Crippen molar-refractivity contribution in [2.24, 2.45) is 5.73 Å². The number of rotatable bonds is 4. The van der Waals surface area contributed by atoms with E-state index in [1.807, 2.05) is 24.3 Å². The summed E-state index contributed by atoms with van der Waals surface area (Å²) in [6, 6.07) is 7.87. The van der Waals surface area contributed by atoms with E-state index in [-0.39, 0.29) is 0 Å². The van der Waals surface area contributed by atoms with Crippen molar-refractivity contribution in [2.45, 2.75) is 0 Å². The predicted molar refractivity (Wildman–Crippen MR) is 64.5 cm³/mol. The zero-order valence-corrected chi connectivity index (χ0v) is 8.95. The average Bonchev–Trinajstić information content (AvgIpc) is 2.38. The number of anilines is 2. The van der Waals surface area contributed by atoms with Gasteiger partial charge in [0.1, 0.15) is 0 Å². The van der Waals surface area contributed by atoms with E-state index in [4.69, 9.17) is 5.73 Å². The smallest absolute Gasteiger partial charge is 0.0442 e. The van der Waals surface area contributed by atoms with Crippen LogP contribution in [0, 0.1) is 0 Å². The van der Waals surface area contributed by atoms with Gasteiger partial charge in [-0.05, 0) is 24.3 Å². The first-order valence-electron chi connectivity index (χ1n) is 5.19. The topological polar surface area (TPSA) is 55.0 Å². The fourth-order valence-corrected chi connectivity index (χ4v) is 1.58. The van der Waals surface area contributed by atoms with Crippen LogP contribution in [0.4, 0.5) is 11.4 Å². The molecule has 2 rings (SSSR count). The molecule has 0 spiro atoms. The van der Waals surface area contributed by atoms with Crippen LogP contribution in [0.25, 0.3) is 0 Å². The van der Waals surface area contributed by atoms with E-state index >= 15 is 0 Å². The third kappa shape index (κ3) is 2.35. The molecule has 16 heavy (non-hydrogen) atoms. The minimum absolute atomic E-state index is 0.602. The molecule has 2 N–H and O–H groups in total. The average molecular weight is 214 g/mol. The van der Waals surface area contributed by atoms with Gasteiger partial charge in [-0.1, -0.05) is 0 Å². The van der Waals surface area contributed by atoms with Crippen LogP contribution in [0.5, 0.6) is 0 Å². The highest BCUT2D eigenvalue weighted by molar-refractivity contribution is 5.61. The first-order chi connectivity index (χ1) is 7.92. The van der Waals surface area contributed by atoms with E-state index in [2.05, 4.69) is 14.9 Å². The second-order valence-electron chi connectivity index (χ2n) is 3.35. The highest BCUT2D eigenvalue weighted by Gasteiger charge is 2.06. The Labute approximate surface area is 94.8 Å². The molecule has 2 aromatic heterocycles. The van der Waals surface area contributed by atoms with Crippen LogP contribution in [-0.2, 0) is 0 Å². The molecule has 0 aliphatic carbocycles. The molecule has 2 aromatic rings. The van der Waals surface area contributed by atoms with Crippen molar-refractivity contribution < 1.29 is 0 Å². The van der Waals surface area contributed by atoms with Gasteiger partial charge < -0.3 is 10.6 Å². The third-order valence-electron chi connectivity index (χ3n) is 2.30. The first-order valence-corrected chi connectivity index (χ1v) is 5.19. The second-order valence-corrected chi connectivity index (χ2v) is 3.35. The summed E-state index contributed by atoms with van der Waals surface area (Å²) in [7, 11) is 0. The summed E-state index contributed by atoms with van der Waals surface area (Å²) >= 11 is 0. The van der Waals surface area contributed by atoms with Gasteiger partial charge >= 0.3 is 0 Å². The maximum absolute atomic E-state index is 5.63. The van der Waals surface area contributed by atoms with Crippen LogP contribution < -0.4 is 10.6 Å². The van der Waals surface area contributed by atoms with E-state index in [9.17, 15) is 0 Å². The van der Waals surface area contributed by atoms with Crippen molar-refractivity contribution in [2.75, 3.05) is 18.0 Å². The van der Waals surface area contributed by atoms with Gasteiger partial charge in [-0.15, -0.1) is 0 Å². The quantitative estimate of drug-likeness (QED) is 0.839. The Bertz CT molecular complexity index is 376. The molecular weight excluding hydrogens is 200 g/mol. The van der Waals surface area contributed by atoms with E-state index in [0.29, 0.717) is 6.54 Å². The molecule has 4 nitrogen and oxygen atoms in total. The van der Waals surface area contributed by atoms with E-state index in [1.165, 1.54) is 0 Å². The first kappa shape index (κ1) is 10.6. The molecule has 0 unspecified atom stereocenters. The standard InChI is InChI=1S/C12H14N4/c13-5-10-16(11-1-6-14-7-2-11)12-3-8-15-9-4-12/h1-4,6-9H,5,10,13H2. The summed E-state index contributed by atoms with van der Waals surface area (Å²) in [5.74, 6) is 0. The van der Waals surface area contributed by atoms with Crippen molar-refractivity contribution in [3.63, 3.8) is 0 Å². The molecule has 0 bridgehead atoms. The maximum atomic E-state index is 5.63. The fraction of sp³-hybridized carbons (Fsp3) is 0.167. The number of hydrogen-bond acceptors (Lipinski definition) is 4. The van der Waals surface area contributed by atoms with Crippen LogP contribution in [0.2, 0.25) is 0 Å². The summed E-state index contributed by atoms with van der Waals surface area (Å²) in [5.41, 5.74) is 7.81.